The average molecular weight is 442 g/mol. The summed E-state index contributed by atoms with van der Waals surface area (Å²) in [4.78, 5) is 25.0. The molecule has 7 nitrogen and oxygen atoms in total. The predicted octanol–water partition coefficient (Wildman–Crippen LogP) is 5.36. The highest BCUT2D eigenvalue weighted by atomic mass is 32.1. The topological polar surface area (TPSA) is 83.1 Å². The first-order valence-electron chi connectivity index (χ1n) is 9.56. The van der Waals surface area contributed by atoms with Gasteiger partial charge in [0.05, 0.1) is 20.8 Å². The number of hydrogen-bond acceptors (Lipinski definition) is 7. The van der Waals surface area contributed by atoms with Gasteiger partial charge in [0.1, 0.15) is 17.2 Å². The van der Waals surface area contributed by atoms with Crippen molar-refractivity contribution in [3.05, 3.63) is 65.0 Å². The zero-order valence-corrected chi connectivity index (χ0v) is 18.3. The van der Waals surface area contributed by atoms with Crippen LogP contribution in [-0.4, -0.2) is 32.9 Å². The van der Waals surface area contributed by atoms with Crippen molar-refractivity contribution in [1.82, 2.24) is 0 Å². The molecule has 162 valence electrons. The quantitative estimate of drug-likeness (QED) is 0.474. The van der Waals surface area contributed by atoms with E-state index in [0.717, 1.165) is 11.1 Å². The van der Waals surface area contributed by atoms with Crippen LogP contribution in [0.5, 0.6) is 11.5 Å². The molecule has 1 heterocycles. The van der Waals surface area contributed by atoms with Crippen molar-refractivity contribution in [1.29, 1.82) is 0 Å². The van der Waals surface area contributed by atoms with Gasteiger partial charge in [-0.3, -0.25) is 5.32 Å². The maximum absolute atomic E-state index is 12.7. The van der Waals surface area contributed by atoms with Crippen LogP contribution < -0.4 is 14.8 Å². The number of benzene rings is 2. The van der Waals surface area contributed by atoms with E-state index in [1.807, 2.05) is 36.4 Å². The number of thiophene rings is 1. The van der Waals surface area contributed by atoms with Crippen LogP contribution in [0, 0.1) is 0 Å². The van der Waals surface area contributed by atoms with E-state index >= 15 is 0 Å². The summed E-state index contributed by atoms with van der Waals surface area (Å²) in [5.74, 6) is 0.562. The van der Waals surface area contributed by atoms with Gasteiger partial charge in [-0.2, -0.15) is 0 Å². The summed E-state index contributed by atoms with van der Waals surface area (Å²) >= 11 is 1.21. The van der Waals surface area contributed by atoms with Crippen LogP contribution in [0.3, 0.4) is 0 Å². The van der Waals surface area contributed by atoms with E-state index in [9.17, 15) is 9.59 Å². The van der Waals surface area contributed by atoms with Crippen molar-refractivity contribution in [2.45, 2.75) is 13.5 Å². The van der Waals surface area contributed by atoms with E-state index in [2.05, 4.69) is 5.32 Å². The number of carbonyl (C=O) groups excluding carboxylic acids is 2. The van der Waals surface area contributed by atoms with Crippen molar-refractivity contribution < 1.29 is 28.5 Å². The third kappa shape index (κ3) is 5.35. The molecule has 3 aromatic rings. The molecule has 31 heavy (non-hydrogen) atoms. The number of anilines is 1. The summed E-state index contributed by atoms with van der Waals surface area (Å²) in [5.41, 5.74) is 2.46. The normalized spacial score (nSPS) is 10.3. The minimum atomic E-state index is -0.657. The largest absolute Gasteiger partial charge is 0.493 e. The maximum Gasteiger partial charge on any atom is 0.412 e. The molecule has 0 radical (unpaired) electrons. The molecule has 0 bridgehead atoms. The highest BCUT2D eigenvalue weighted by Crippen LogP contribution is 2.39. The molecule has 0 aliphatic heterocycles. The van der Waals surface area contributed by atoms with Gasteiger partial charge >= 0.3 is 12.1 Å². The molecule has 1 aromatic heterocycles. The van der Waals surface area contributed by atoms with Gasteiger partial charge in [-0.05, 0) is 30.2 Å². The number of rotatable bonds is 8. The molecule has 0 aliphatic carbocycles. The predicted molar refractivity (Wildman–Crippen MR) is 119 cm³/mol. The second-order valence-electron chi connectivity index (χ2n) is 6.33. The highest BCUT2D eigenvalue weighted by Gasteiger charge is 2.24. The number of nitrogens with one attached hydrogen (secondary N) is 1. The molecule has 2 aromatic carbocycles. The lowest BCUT2D eigenvalue weighted by atomic mass is 10.0. The minimum absolute atomic E-state index is 0.120. The van der Waals surface area contributed by atoms with Crippen LogP contribution in [0.2, 0.25) is 0 Å². The Morgan fingerprint density at radius 1 is 0.968 bits per heavy atom. The molecular formula is C23H23NO6S. The molecule has 8 heteroatoms. The van der Waals surface area contributed by atoms with E-state index in [4.69, 9.17) is 18.9 Å². The lowest BCUT2D eigenvalue weighted by molar-refractivity contribution is 0.0529. The van der Waals surface area contributed by atoms with Gasteiger partial charge in [0.15, 0.2) is 11.5 Å². The Labute approximate surface area is 184 Å². The molecule has 1 amide bonds. The van der Waals surface area contributed by atoms with Gasteiger partial charge in [0, 0.05) is 10.9 Å². The lowest BCUT2D eigenvalue weighted by Crippen LogP contribution is -2.16. The monoisotopic (exact) mass is 441 g/mol. The van der Waals surface area contributed by atoms with Crippen LogP contribution in [0.15, 0.2) is 53.9 Å². The van der Waals surface area contributed by atoms with Crippen LogP contribution in [0.25, 0.3) is 11.1 Å². The number of amides is 1. The fraction of sp³-hybridized carbons (Fsp3) is 0.217. The van der Waals surface area contributed by atoms with E-state index in [0.29, 0.717) is 22.1 Å². The van der Waals surface area contributed by atoms with Crippen molar-refractivity contribution in [2.24, 2.45) is 0 Å². The van der Waals surface area contributed by atoms with Crippen molar-refractivity contribution in [2.75, 3.05) is 26.1 Å². The lowest BCUT2D eigenvalue weighted by Gasteiger charge is -2.11. The summed E-state index contributed by atoms with van der Waals surface area (Å²) in [6.07, 6.45) is -0.657. The van der Waals surface area contributed by atoms with Gasteiger partial charge in [0.25, 0.3) is 0 Å². The number of carbonyl (C=O) groups is 2. The van der Waals surface area contributed by atoms with Gasteiger partial charge < -0.3 is 18.9 Å². The van der Waals surface area contributed by atoms with Crippen LogP contribution in [0.4, 0.5) is 9.80 Å². The number of esters is 1. The van der Waals surface area contributed by atoms with Crippen LogP contribution in [-0.2, 0) is 16.1 Å². The Hall–Kier alpha value is -3.52. The molecule has 0 unspecified atom stereocenters. The van der Waals surface area contributed by atoms with Crippen molar-refractivity contribution in [3.8, 4) is 22.6 Å². The zero-order chi connectivity index (χ0) is 22.2. The molecule has 0 fully saturated rings. The number of hydrogen-bond donors (Lipinski definition) is 1. The van der Waals surface area contributed by atoms with E-state index in [1.54, 1.807) is 31.5 Å². The Bertz CT molecular complexity index is 1050. The van der Waals surface area contributed by atoms with Crippen LogP contribution >= 0.6 is 11.3 Å². The first-order chi connectivity index (χ1) is 15.1. The minimum Gasteiger partial charge on any atom is -0.493 e. The maximum atomic E-state index is 12.7. The second-order valence-corrected chi connectivity index (χ2v) is 7.21. The third-order valence-corrected chi connectivity index (χ3v) is 5.29. The van der Waals surface area contributed by atoms with Gasteiger partial charge in [-0.15, -0.1) is 11.3 Å². The first-order valence-corrected chi connectivity index (χ1v) is 10.4. The summed E-state index contributed by atoms with van der Waals surface area (Å²) in [7, 11) is 3.09. The summed E-state index contributed by atoms with van der Waals surface area (Å²) in [5, 5.41) is 4.79. The molecule has 0 spiro atoms. The summed E-state index contributed by atoms with van der Waals surface area (Å²) in [6.45, 7) is 2.05. The van der Waals surface area contributed by atoms with Gasteiger partial charge in [0.2, 0.25) is 0 Å². The molecule has 0 saturated carbocycles. The Morgan fingerprint density at radius 2 is 1.71 bits per heavy atom. The van der Waals surface area contributed by atoms with Gasteiger partial charge in [-0.25, -0.2) is 9.59 Å². The summed E-state index contributed by atoms with van der Waals surface area (Å²) in [6, 6.07) is 14.7. The first kappa shape index (κ1) is 22.2. The molecular weight excluding hydrogens is 418 g/mol. The zero-order valence-electron chi connectivity index (χ0n) is 17.5. The number of methoxy groups -OCH3 is 2. The SMILES string of the molecule is CCOC(=O)c1c(-c2ccc(OC)c(OC)c2)csc1NC(=O)OCc1ccccc1. The smallest absolute Gasteiger partial charge is 0.412 e. The standard InChI is InChI=1S/C23H23NO6S/c1-4-29-22(25)20-17(16-10-11-18(27-2)19(12-16)28-3)14-31-21(20)24-23(26)30-13-15-8-6-5-7-9-15/h5-12,14H,4,13H2,1-3H3,(H,24,26). The van der Waals surface area contributed by atoms with Crippen LogP contribution in [0.1, 0.15) is 22.8 Å². The molecule has 1 N–H and O–H groups in total. The Kier molecular flexibility index (Phi) is 7.50. The Morgan fingerprint density at radius 3 is 2.39 bits per heavy atom. The van der Waals surface area contributed by atoms with E-state index in [1.165, 1.54) is 18.4 Å². The molecule has 0 atom stereocenters. The fourth-order valence-corrected chi connectivity index (χ4v) is 3.87. The molecule has 3 rings (SSSR count). The fourth-order valence-electron chi connectivity index (χ4n) is 2.92. The summed E-state index contributed by atoms with van der Waals surface area (Å²) < 4.78 is 21.1. The van der Waals surface area contributed by atoms with Crippen molar-refractivity contribution >= 4 is 28.4 Å². The van der Waals surface area contributed by atoms with Crippen molar-refractivity contribution in [3.63, 3.8) is 0 Å². The highest BCUT2D eigenvalue weighted by molar-refractivity contribution is 7.15. The van der Waals surface area contributed by atoms with E-state index < -0.39 is 12.1 Å². The second kappa shape index (κ2) is 10.5. The molecule has 0 aliphatic rings. The number of ether oxygens (including phenoxy) is 4. The third-order valence-electron chi connectivity index (χ3n) is 4.39. The average Bonchev–Trinajstić information content (AvgIpc) is 3.21. The van der Waals surface area contributed by atoms with E-state index in [-0.39, 0.29) is 18.8 Å². The molecule has 0 saturated heterocycles. The Balaban J connectivity index is 1.87. The van der Waals surface area contributed by atoms with Gasteiger partial charge in [-0.1, -0.05) is 36.4 Å².